The summed E-state index contributed by atoms with van der Waals surface area (Å²) in [6.45, 7) is 3.52. The highest BCUT2D eigenvalue weighted by Crippen LogP contribution is 2.35. The first kappa shape index (κ1) is 23.0. The molecule has 0 spiro atoms. The van der Waals surface area contributed by atoms with Crippen molar-refractivity contribution < 1.29 is 27.6 Å². The van der Waals surface area contributed by atoms with Crippen LogP contribution in [-0.2, 0) is 11.2 Å². The van der Waals surface area contributed by atoms with Crippen LogP contribution in [0.15, 0.2) is 45.7 Å². The monoisotopic (exact) mass is 460 g/mol. The molecule has 2 aromatic carbocycles. The van der Waals surface area contributed by atoms with E-state index < -0.39 is 23.8 Å². The Morgan fingerprint density at radius 2 is 1.97 bits per heavy atom. The molecule has 1 unspecified atom stereocenters. The number of hydrogen-bond donors (Lipinski definition) is 1. The summed E-state index contributed by atoms with van der Waals surface area (Å²) in [7, 11) is 0. The van der Waals surface area contributed by atoms with Crippen molar-refractivity contribution in [2.24, 2.45) is 0 Å². The number of benzene rings is 2. The molecule has 9 heteroatoms. The fourth-order valence-electron chi connectivity index (χ4n) is 4.45. The third-order valence-corrected chi connectivity index (χ3v) is 6.14. The number of carbonyl (C=O) groups is 1. The summed E-state index contributed by atoms with van der Waals surface area (Å²) in [6, 6.07) is 10.2. The van der Waals surface area contributed by atoms with Crippen molar-refractivity contribution >= 4 is 22.4 Å². The minimum Gasteiger partial charge on any atom is -0.376 e. The molecule has 0 fully saturated rings. The lowest BCUT2D eigenvalue weighted by molar-refractivity contribution is -0.203. The van der Waals surface area contributed by atoms with Gasteiger partial charge in [0, 0.05) is 23.5 Å². The zero-order valence-electron chi connectivity index (χ0n) is 18.1. The second-order valence-corrected chi connectivity index (χ2v) is 8.47. The first-order valence-corrected chi connectivity index (χ1v) is 10.6. The molecule has 1 aliphatic rings. The van der Waals surface area contributed by atoms with E-state index in [1.54, 1.807) is 6.92 Å². The number of nitrogens with zero attached hydrogens (tertiary/aromatic N) is 2. The topological polar surface area (TPSA) is 83.6 Å². The molecule has 6 nitrogen and oxygen atoms in total. The van der Waals surface area contributed by atoms with Gasteiger partial charge in [0.15, 0.2) is 0 Å². The minimum atomic E-state index is -5.10. The summed E-state index contributed by atoms with van der Waals surface area (Å²) in [6.07, 6.45) is -5.86. The number of rotatable bonds is 4. The van der Waals surface area contributed by atoms with Gasteiger partial charge in [-0.2, -0.15) is 13.2 Å². The van der Waals surface area contributed by atoms with E-state index in [9.17, 15) is 27.9 Å². The Bertz CT molecular complexity index is 1270. The smallest absolute Gasteiger partial charge is 0.376 e. The van der Waals surface area contributed by atoms with Crippen LogP contribution in [0.2, 0.25) is 0 Å². The summed E-state index contributed by atoms with van der Waals surface area (Å²) in [5.41, 5.74) is 3.01. The third-order valence-electron chi connectivity index (χ3n) is 6.14. The van der Waals surface area contributed by atoms with E-state index in [2.05, 4.69) is 11.2 Å². The van der Waals surface area contributed by atoms with Crippen LogP contribution >= 0.6 is 0 Å². The van der Waals surface area contributed by atoms with Gasteiger partial charge in [0.1, 0.15) is 0 Å². The summed E-state index contributed by atoms with van der Waals surface area (Å²) in [5, 5.41) is 14.0. The van der Waals surface area contributed by atoms with Crippen molar-refractivity contribution in [1.29, 1.82) is 0 Å². The highest BCUT2D eigenvalue weighted by Gasteiger charge is 2.46. The van der Waals surface area contributed by atoms with Crippen molar-refractivity contribution in [1.82, 2.24) is 5.16 Å². The number of anilines is 1. The van der Waals surface area contributed by atoms with Crippen LogP contribution in [0.25, 0.3) is 10.8 Å². The van der Waals surface area contributed by atoms with Gasteiger partial charge in [0.25, 0.3) is 5.91 Å². The Labute approximate surface area is 187 Å². The van der Waals surface area contributed by atoms with Gasteiger partial charge >= 0.3 is 11.8 Å². The largest absolute Gasteiger partial charge is 0.423 e. The molecule has 174 valence electrons. The van der Waals surface area contributed by atoms with Crippen LogP contribution in [0.1, 0.15) is 41.1 Å². The van der Waals surface area contributed by atoms with Crippen LogP contribution in [0.4, 0.5) is 18.9 Å². The van der Waals surface area contributed by atoms with Crippen molar-refractivity contribution in [3.05, 3.63) is 69.2 Å². The maximum absolute atomic E-state index is 13.2. The molecular weight excluding hydrogens is 437 g/mol. The Morgan fingerprint density at radius 3 is 2.70 bits per heavy atom. The van der Waals surface area contributed by atoms with Gasteiger partial charge in [-0.05, 0) is 62.4 Å². The molecule has 1 aliphatic carbocycles. The molecule has 0 saturated heterocycles. The molecule has 1 N–H and O–H groups in total. The lowest BCUT2D eigenvalue weighted by Crippen LogP contribution is -2.48. The SMILES string of the molecule is Cc1ccc2c(c1)CCCC2CN(C(=O)[C@@H](O)C(F)(F)F)c1ccc2c(=O)onc(C)c2c1. The van der Waals surface area contributed by atoms with Crippen LogP contribution in [-0.4, -0.2) is 35.0 Å². The van der Waals surface area contributed by atoms with Gasteiger partial charge < -0.3 is 14.5 Å². The molecule has 33 heavy (non-hydrogen) atoms. The Balaban J connectivity index is 1.79. The highest BCUT2D eigenvalue weighted by molar-refractivity contribution is 5.99. The van der Waals surface area contributed by atoms with Gasteiger partial charge in [-0.25, -0.2) is 4.79 Å². The number of aliphatic hydroxyl groups excluding tert-OH is 1. The number of aliphatic hydroxyl groups is 1. The highest BCUT2D eigenvalue weighted by atomic mass is 19.4. The fraction of sp³-hybridized carbons (Fsp3) is 0.375. The van der Waals surface area contributed by atoms with Crippen LogP contribution in [0.5, 0.6) is 0 Å². The average molecular weight is 460 g/mol. The second kappa shape index (κ2) is 8.62. The Hall–Kier alpha value is -3.20. The molecule has 4 rings (SSSR count). The number of aromatic nitrogens is 1. The lowest BCUT2D eigenvalue weighted by Gasteiger charge is -2.33. The van der Waals surface area contributed by atoms with E-state index in [-0.39, 0.29) is 23.5 Å². The molecule has 0 saturated carbocycles. The van der Waals surface area contributed by atoms with Gasteiger partial charge in [0.2, 0.25) is 6.10 Å². The number of amides is 1. The number of fused-ring (bicyclic) bond motifs is 2. The molecule has 0 aliphatic heterocycles. The van der Waals surface area contributed by atoms with Crippen molar-refractivity contribution in [2.75, 3.05) is 11.4 Å². The fourth-order valence-corrected chi connectivity index (χ4v) is 4.45. The minimum absolute atomic E-state index is 0.0402. The lowest BCUT2D eigenvalue weighted by atomic mass is 9.81. The molecule has 0 bridgehead atoms. The van der Waals surface area contributed by atoms with Crippen LogP contribution < -0.4 is 10.5 Å². The van der Waals surface area contributed by atoms with E-state index in [0.29, 0.717) is 17.5 Å². The maximum atomic E-state index is 13.2. The van der Waals surface area contributed by atoms with E-state index in [0.717, 1.165) is 34.4 Å². The summed E-state index contributed by atoms with van der Waals surface area (Å²) in [5.74, 6) is -1.66. The van der Waals surface area contributed by atoms with E-state index in [4.69, 9.17) is 4.52 Å². The zero-order chi connectivity index (χ0) is 23.9. The second-order valence-electron chi connectivity index (χ2n) is 8.47. The summed E-state index contributed by atoms with van der Waals surface area (Å²) in [4.78, 5) is 25.8. The number of carbonyl (C=O) groups excluding carboxylic acids is 1. The van der Waals surface area contributed by atoms with Gasteiger partial charge in [-0.1, -0.05) is 28.9 Å². The molecule has 0 radical (unpaired) electrons. The van der Waals surface area contributed by atoms with Gasteiger partial charge in [0.05, 0.1) is 11.1 Å². The van der Waals surface area contributed by atoms with E-state index in [1.807, 2.05) is 19.1 Å². The van der Waals surface area contributed by atoms with E-state index >= 15 is 0 Å². The van der Waals surface area contributed by atoms with E-state index in [1.165, 1.54) is 18.2 Å². The van der Waals surface area contributed by atoms with Gasteiger partial charge in [-0.3, -0.25) is 4.79 Å². The summed E-state index contributed by atoms with van der Waals surface area (Å²) >= 11 is 0. The van der Waals surface area contributed by atoms with Crippen molar-refractivity contribution in [2.45, 2.75) is 51.3 Å². The first-order valence-electron chi connectivity index (χ1n) is 10.6. The quantitative estimate of drug-likeness (QED) is 0.632. The van der Waals surface area contributed by atoms with Crippen LogP contribution in [0, 0.1) is 13.8 Å². The number of halogens is 3. The number of hydrogen-bond acceptors (Lipinski definition) is 5. The number of aryl methyl sites for hydroxylation is 3. The molecule has 1 heterocycles. The zero-order valence-corrected chi connectivity index (χ0v) is 18.1. The first-order chi connectivity index (χ1) is 15.6. The predicted molar refractivity (Wildman–Crippen MR) is 116 cm³/mol. The molecule has 1 aromatic heterocycles. The maximum Gasteiger partial charge on any atom is 0.423 e. The molecule has 2 atom stereocenters. The normalized spacial score (nSPS) is 17.0. The van der Waals surface area contributed by atoms with Crippen molar-refractivity contribution in [3.8, 4) is 0 Å². The molecule has 3 aromatic rings. The third kappa shape index (κ3) is 4.50. The standard InChI is InChI=1S/C24H23F3N2O4/c1-13-6-8-18-15(10-13)4-3-5-16(18)12-29(22(31)21(30)24(25,26)27)17-7-9-19-20(11-17)14(2)28-33-23(19)32/h6-11,16,21,30H,3-5,12H2,1-2H3/t16?,21-/m1/s1. The molecule has 1 amide bonds. The predicted octanol–water partition coefficient (Wildman–Crippen LogP) is 4.18. The Morgan fingerprint density at radius 1 is 1.21 bits per heavy atom. The summed E-state index contributed by atoms with van der Waals surface area (Å²) < 4.78 is 44.4. The molecular formula is C24H23F3N2O4. The average Bonchev–Trinajstić information content (AvgIpc) is 2.78. The van der Waals surface area contributed by atoms with Crippen molar-refractivity contribution in [3.63, 3.8) is 0 Å². The number of alkyl halides is 3. The van der Waals surface area contributed by atoms with Gasteiger partial charge in [-0.15, -0.1) is 0 Å². The van der Waals surface area contributed by atoms with Crippen LogP contribution in [0.3, 0.4) is 0 Å². The Kier molecular flexibility index (Phi) is 6.00.